The molecule has 0 spiro atoms. The van der Waals surface area contributed by atoms with Gasteiger partial charge in [0.05, 0.1) is 29.4 Å². The lowest BCUT2D eigenvalue weighted by molar-refractivity contribution is -0.146. The van der Waals surface area contributed by atoms with Crippen molar-refractivity contribution in [2.45, 2.75) is 99.8 Å². The second kappa shape index (κ2) is 16.7. The zero-order valence-corrected chi connectivity index (χ0v) is 31.1. The molecule has 2 atom stereocenters. The number of sulfonamides is 1. The van der Waals surface area contributed by atoms with Crippen LogP contribution in [-0.2, 0) is 39.5 Å². The van der Waals surface area contributed by atoms with E-state index in [-0.39, 0.29) is 74.1 Å². The normalized spacial score (nSPS) is 20.9. The maximum Gasteiger partial charge on any atom is 0.287 e. The Bertz CT molecular complexity index is 1930. The molecule has 3 heterocycles. The van der Waals surface area contributed by atoms with Crippen molar-refractivity contribution >= 4 is 45.1 Å². The number of aliphatic imine (C=N–C) groups is 1. The predicted octanol–water partition coefficient (Wildman–Crippen LogP) is 0.531. The Morgan fingerprint density at radius 3 is 2.39 bits per heavy atom. The smallest absolute Gasteiger partial charge is 0.287 e. The Morgan fingerprint density at radius 1 is 1.11 bits per heavy atom. The van der Waals surface area contributed by atoms with Crippen molar-refractivity contribution < 1.29 is 42.2 Å². The summed E-state index contributed by atoms with van der Waals surface area (Å²) < 4.78 is 34.1. The molecule has 18 heteroatoms. The number of likely N-dealkylation sites (tertiary alicyclic amines) is 1. The minimum atomic E-state index is -3.93. The number of nitrogens with one attached hydrogen (secondary N) is 2. The first-order valence-corrected chi connectivity index (χ1v) is 19.4. The summed E-state index contributed by atoms with van der Waals surface area (Å²) in [6.45, 7) is 2.94. The number of aliphatic hydroxyl groups is 1. The molecule has 1 aliphatic carbocycles. The lowest BCUT2D eigenvalue weighted by Crippen LogP contribution is -2.63. The largest absolute Gasteiger partial charge is 0.384 e. The summed E-state index contributed by atoms with van der Waals surface area (Å²) >= 11 is 0. The van der Waals surface area contributed by atoms with Gasteiger partial charge in [-0.1, -0.05) is 43.2 Å². The average Bonchev–Trinajstić information content (AvgIpc) is 3.83. The Labute approximate surface area is 313 Å². The molecule has 17 nitrogen and oxygen atoms in total. The predicted molar refractivity (Wildman–Crippen MR) is 193 cm³/mol. The van der Waals surface area contributed by atoms with E-state index < -0.39 is 62.7 Å². The van der Waals surface area contributed by atoms with Gasteiger partial charge in [-0.15, -0.1) is 11.5 Å². The van der Waals surface area contributed by atoms with Crippen LogP contribution in [0.2, 0.25) is 0 Å². The highest BCUT2D eigenvalue weighted by Gasteiger charge is 2.49. The number of primary amides is 1. The molecule has 290 valence electrons. The summed E-state index contributed by atoms with van der Waals surface area (Å²) in [5.74, 6) is -2.19. The Hall–Kier alpha value is -4.83. The van der Waals surface area contributed by atoms with Crippen molar-refractivity contribution in [1.29, 1.82) is 0 Å². The third-order valence-electron chi connectivity index (χ3n) is 10.2. The number of Topliss-reactive ketones (excluding diaryl/α,β-unsaturated/α-hetero) is 1. The van der Waals surface area contributed by atoms with Gasteiger partial charge in [0.25, 0.3) is 17.7 Å². The third-order valence-corrected chi connectivity index (χ3v) is 11.6. The number of nitrogens with zero attached hydrogens (tertiary/aromatic N) is 5. The van der Waals surface area contributed by atoms with Crippen molar-refractivity contribution in [2.24, 2.45) is 16.6 Å². The molecule has 2 aliphatic heterocycles. The molecule has 1 aromatic heterocycles. The highest BCUT2D eigenvalue weighted by atomic mass is 32.2. The number of carbonyl (C=O) groups is 5. The molecule has 5 N–H and O–H groups in total. The zero-order valence-electron chi connectivity index (χ0n) is 30.3. The Morgan fingerprint density at radius 2 is 1.78 bits per heavy atom. The number of rotatable bonds is 13. The molecule has 0 radical (unpaired) electrons. The Kier molecular flexibility index (Phi) is 12.5. The minimum absolute atomic E-state index is 0.0144. The van der Waals surface area contributed by atoms with Gasteiger partial charge >= 0.3 is 0 Å². The van der Waals surface area contributed by atoms with Gasteiger partial charge in [-0.25, -0.2) is 18.1 Å². The average molecular weight is 767 g/mol. The van der Waals surface area contributed by atoms with Crippen LogP contribution >= 0.6 is 0 Å². The number of terminal acetylenes is 1. The first-order valence-electron chi connectivity index (χ1n) is 17.9. The third kappa shape index (κ3) is 9.09. The van der Waals surface area contributed by atoms with Gasteiger partial charge in [0, 0.05) is 44.6 Å². The monoisotopic (exact) mass is 766 g/mol. The van der Waals surface area contributed by atoms with E-state index in [4.69, 9.17) is 16.9 Å². The van der Waals surface area contributed by atoms with E-state index in [1.807, 2.05) is 0 Å². The molecule has 4 amide bonds. The molecule has 5 rings (SSSR count). The van der Waals surface area contributed by atoms with Crippen LogP contribution in [0.25, 0.3) is 0 Å². The topological polar surface area (TPSA) is 245 Å². The number of ether oxygens (including phenoxy) is 1. The summed E-state index contributed by atoms with van der Waals surface area (Å²) in [6, 6.07) is 3.13. The molecular weight excluding hydrogens is 721 g/mol. The van der Waals surface area contributed by atoms with Crippen LogP contribution in [0.3, 0.4) is 0 Å². The van der Waals surface area contributed by atoms with Gasteiger partial charge in [-0.05, 0) is 50.5 Å². The van der Waals surface area contributed by atoms with Gasteiger partial charge in [0.2, 0.25) is 21.7 Å². The molecule has 3 aliphatic rings. The first kappa shape index (κ1) is 40.4. The first-order chi connectivity index (χ1) is 25.6. The van der Waals surface area contributed by atoms with Crippen LogP contribution in [0.5, 0.6) is 0 Å². The van der Waals surface area contributed by atoms with E-state index in [0.717, 1.165) is 32.1 Å². The fourth-order valence-corrected chi connectivity index (χ4v) is 8.23. The zero-order chi connectivity index (χ0) is 39.3. The van der Waals surface area contributed by atoms with E-state index in [2.05, 4.69) is 31.3 Å². The van der Waals surface area contributed by atoms with Crippen molar-refractivity contribution in [3.63, 3.8) is 0 Å². The molecule has 2 aromatic rings. The number of hydrogen-bond acceptors (Lipinski definition) is 11. The quantitative estimate of drug-likeness (QED) is 0.124. The van der Waals surface area contributed by atoms with Crippen LogP contribution in [0.1, 0.15) is 93.7 Å². The second-order valence-corrected chi connectivity index (χ2v) is 16.3. The summed E-state index contributed by atoms with van der Waals surface area (Å²) in [7, 11) is -3.93. The SMILES string of the molecule is C#CCNS(=O)(=O)c1ccc(C(=O)/N=C(\CC2CCCCC2)C(=O)N2C[C@@H](n3nncc3C(C)(C)O)C[C@H]2C(=O)NC2(C(=O)C(N)=O)CCOCC2)cc1. The fourth-order valence-electron chi connectivity index (χ4n) is 7.29. The summed E-state index contributed by atoms with van der Waals surface area (Å²) in [5.41, 5.74) is 2.63. The van der Waals surface area contributed by atoms with E-state index >= 15 is 0 Å². The fraction of sp³-hybridized carbons (Fsp3) is 0.556. The molecule has 1 aromatic carbocycles. The van der Waals surface area contributed by atoms with E-state index in [1.165, 1.54) is 40.0 Å². The highest BCUT2D eigenvalue weighted by Crippen LogP contribution is 2.34. The van der Waals surface area contributed by atoms with Crippen molar-refractivity contribution in [3.8, 4) is 12.3 Å². The molecular formula is C36H46N8O9S. The minimum Gasteiger partial charge on any atom is -0.384 e. The number of carbonyl (C=O) groups excluding carboxylic acids is 5. The number of aromatic nitrogens is 3. The standard InChI is InChI=1S/C36H46N8O9S/c1-4-16-39-54(51,52)26-12-10-24(11-13-26)32(47)40-27(19-23-8-6-5-7-9-23)34(49)43-22-25(44-29(21-38-42-44)35(2,3)50)20-28(43)33(48)41-36(30(45)31(37)46)14-17-53-18-15-36/h1,10-13,21,23,25,28,39,50H,5-9,14-20,22H2,2-3H3,(H2,37,46)(H,41,48)/b40-27+/t25-,28-/m0/s1. The van der Waals surface area contributed by atoms with Crippen LogP contribution in [0.15, 0.2) is 40.4 Å². The van der Waals surface area contributed by atoms with Gasteiger partial charge in [-0.3, -0.25) is 24.0 Å². The van der Waals surface area contributed by atoms with Crippen molar-refractivity contribution in [2.75, 3.05) is 26.3 Å². The molecule has 1 saturated carbocycles. The van der Waals surface area contributed by atoms with Gasteiger partial charge < -0.3 is 25.8 Å². The van der Waals surface area contributed by atoms with E-state index in [0.29, 0.717) is 5.69 Å². The summed E-state index contributed by atoms with van der Waals surface area (Å²) in [6.07, 6.45) is 11.2. The molecule has 3 fully saturated rings. The molecule has 54 heavy (non-hydrogen) atoms. The van der Waals surface area contributed by atoms with Gasteiger partial charge in [0.15, 0.2) is 0 Å². The maximum absolute atomic E-state index is 14.7. The molecule has 0 unspecified atom stereocenters. The highest BCUT2D eigenvalue weighted by molar-refractivity contribution is 7.89. The number of hydrogen-bond donors (Lipinski definition) is 4. The summed E-state index contributed by atoms with van der Waals surface area (Å²) in [4.78, 5) is 73.3. The van der Waals surface area contributed by atoms with Gasteiger partial charge in [-0.2, -0.15) is 4.72 Å². The number of benzene rings is 1. The number of amides is 4. The lowest BCUT2D eigenvalue weighted by Gasteiger charge is -2.37. The van der Waals surface area contributed by atoms with Crippen LogP contribution < -0.4 is 15.8 Å². The van der Waals surface area contributed by atoms with E-state index in [1.54, 1.807) is 13.8 Å². The van der Waals surface area contributed by atoms with E-state index in [9.17, 15) is 37.5 Å². The molecule has 0 bridgehead atoms. The lowest BCUT2D eigenvalue weighted by atomic mass is 9.84. The number of nitrogens with two attached hydrogens (primary N) is 1. The second-order valence-electron chi connectivity index (χ2n) is 14.5. The van der Waals surface area contributed by atoms with Crippen LogP contribution in [0, 0.1) is 18.3 Å². The van der Waals surface area contributed by atoms with Crippen LogP contribution in [-0.4, -0.2) is 106 Å². The molecule has 2 saturated heterocycles. The van der Waals surface area contributed by atoms with Gasteiger partial charge in [0.1, 0.15) is 22.9 Å². The van der Waals surface area contributed by atoms with Crippen LogP contribution in [0.4, 0.5) is 0 Å². The maximum atomic E-state index is 14.7. The Balaban J connectivity index is 1.51. The summed E-state index contributed by atoms with van der Waals surface area (Å²) in [5, 5.41) is 21.7. The van der Waals surface area contributed by atoms with Crippen molar-refractivity contribution in [3.05, 3.63) is 41.7 Å². The number of ketones is 1. The van der Waals surface area contributed by atoms with Crippen molar-refractivity contribution in [1.82, 2.24) is 29.9 Å².